The number of carbonyl (C=O) groups excluding carboxylic acids is 1. The van der Waals surface area contributed by atoms with E-state index in [2.05, 4.69) is 27.4 Å². The minimum atomic E-state index is -0.0578. The highest BCUT2D eigenvalue weighted by Crippen LogP contribution is 2.26. The molecule has 0 saturated carbocycles. The van der Waals surface area contributed by atoms with Crippen LogP contribution in [0.2, 0.25) is 0 Å². The molecule has 1 saturated heterocycles. The summed E-state index contributed by atoms with van der Waals surface area (Å²) in [6.07, 6.45) is 2.41. The van der Waals surface area contributed by atoms with Gasteiger partial charge in [-0.3, -0.25) is 9.69 Å². The van der Waals surface area contributed by atoms with Gasteiger partial charge >= 0.3 is 0 Å². The van der Waals surface area contributed by atoms with Crippen molar-refractivity contribution in [1.82, 2.24) is 20.0 Å². The Balaban J connectivity index is 1.45. The molecule has 2 heterocycles. The van der Waals surface area contributed by atoms with Gasteiger partial charge in [-0.25, -0.2) is 4.68 Å². The fourth-order valence-electron chi connectivity index (χ4n) is 4.27. The van der Waals surface area contributed by atoms with E-state index < -0.39 is 0 Å². The van der Waals surface area contributed by atoms with Gasteiger partial charge in [-0.2, -0.15) is 5.10 Å². The zero-order valence-corrected chi connectivity index (χ0v) is 18.5. The molecule has 2 aromatic carbocycles. The van der Waals surface area contributed by atoms with Crippen molar-refractivity contribution in [1.29, 1.82) is 0 Å². The average Bonchev–Trinajstić information content (AvgIpc) is 3.44. The van der Waals surface area contributed by atoms with E-state index in [0.29, 0.717) is 12.1 Å². The molecule has 1 aliphatic heterocycles. The summed E-state index contributed by atoms with van der Waals surface area (Å²) in [6, 6.07) is 18.0. The maximum absolute atomic E-state index is 12.8. The summed E-state index contributed by atoms with van der Waals surface area (Å²) >= 11 is 0. The normalized spacial score (nSPS) is 15.1. The average molecular weight is 419 g/mol. The van der Waals surface area contributed by atoms with Crippen LogP contribution in [-0.2, 0) is 0 Å². The van der Waals surface area contributed by atoms with Crippen molar-refractivity contribution >= 4 is 5.91 Å². The number of ether oxygens (including phenoxy) is 1. The van der Waals surface area contributed by atoms with Crippen molar-refractivity contribution in [3.05, 3.63) is 77.1 Å². The van der Waals surface area contributed by atoms with Crippen LogP contribution in [0.5, 0.6) is 5.75 Å². The number of likely N-dealkylation sites (tertiary alicyclic amines) is 1. The van der Waals surface area contributed by atoms with Crippen LogP contribution >= 0.6 is 0 Å². The molecule has 1 N–H and O–H groups in total. The first kappa shape index (κ1) is 21.1. The molecule has 1 aliphatic rings. The van der Waals surface area contributed by atoms with Gasteiger partial charge in [0.05, 0.1) is 24.5 Å². The second kappa shape index (κ2) is 9.35. The van der Waals surface area contributed by atoms with Crippen LogP contribution in [0.4, 0.5) is 0 Å². The molecule has 1 aromatic heterocycles. The molecule has 6 nitrogen and oxygen atoms in total. The van der Waals surface area contributed by atoms with Gasteiger partial charge in [-0.15, -0.1) is 0 Å². The molecule has 1 amide bonds. The number of amides is 1. The van der Waals surface area contributed by atoms with E-state index >= 15 is 0 Å². The van der Waals surface area contributed by atoms with Gasteiger partial charge in [0.15, 0.2) is 0 Å². The Labute approximate surface area is 183 Å². The standard InChI is InChI=1S/C25H30N4O2/c1-18-16-19(2)29(27-18)22-10-6-21(7-11-22)25(30)26-17-24(28-14-4-5-15-28)20-8-12-23(31-3)13-9-20/h6-13,16,24H,4-5,14-15,17H2,1-3H3,(H,26,30). The first-order chi connectivity index (χ1) is 15.0. The highest BCUT2D eigenvalue weighted by Gasteiger charge is 2.24. The highest BCUT2D eigenvalue weighted by atomic mass is 16.5. The Morgan fingerprint density at radius 3 is 2.32 bits per heavy atom. The number of rotatable bonds is 7. The van der Waals surface area contributed by atoms with Gasteiger partial charge in [0, 0.05) is 17.8 Å². The molecule has 0 radical (unpaired) electrons. The van der Waals surface area contributed by atoms with E-state index in [4.69, 9.17) is 4.74 Å². The molecular weight excluding hydrogens is 388 g/mol. The second-order valence-corrected chi connectivity index (χ2v) is 8.13. The molecular formula is C25H30N4O2. The second-order valence-electron chi connectivity index (χ2n) is 8.13. The number of nitrogens with zero attached hydrogens (tertiary/aromatic N) is 3. The van der Waals surface area contributed by atoms with Gasteiger partial charge in [0.25, 0.3) is 5.91 Å². The third-order valence-corrected chi connectivity index (χ3v) is 5.92. The van der Waals surface area contributed by atoms with Crippen LogP contribution in [0.15, 0.2) is 54.6 Å². The lowest BCUT2D eigenvalue weighted by Gasteiger charge is -2.28. The summed E-state index contributed by atoms with van der Waals surface area (Å²) in [5.74, 6) is 0.785. The molecule has 31 heavy (non-hydrogen) atoms. The number of nitrogens with one attached hydrogen (secondary N) is 1. The summed E-state index contributed by atoms with van der Waals surface area (Å²) in [5, 5.41) is 7.65. The maximum Gasteiger partial charge on any atom is 0.251 e. The summed E-state index contributed by atoms with van der Waals surface area (Å²) in [5.41, 5.74) is 4.85. The van der Waals surface area contributed by atoms with E-state index in [0.717, 1.165) is 35.9 Å². The third kappa shape index (κ3) is 4.80. The summed E-state index contributed by atoms with van der Waals surface area (Å²) in [7, 11) is 1.67. The maximum atomic E-state index is 12.8. The van der Waals surface area contributed by atoms with Gasteiger partial charge in [0.2, 0.25) is 0 Å². The molecule has 1 unspecified atom stereocenters. The number of carbonyl (C=O) groups is 1. The number of aryl methyl sites for hydroxylation is 2. The third-order valence-electron chi connectivity index (χ3n) is 5.92. The lowest BCUT2D eigenvalue weighted by atomic mass is 10.0. The zero-order valence-electron chi connectivity index (χ0n) is 18.5. The van der Waals surface area contributed by atoms with Gasteiger partial charge < -0.3 is 10.1 Å². The van der Waals surface area contributed by atoms with Crippen LogP contribution in [0.3, 0.4) is 0 Å². The van der Waals surface area contributed by atoms with Gasteiger partial charge in [-0.05, 0) is 87.8 Å². The van der Waals surface area contributed by atoms with Crippen molar-refractivity contribution in [2.45, 2.75) is 32.7 Å². The fraction of sp³-hybridized carbons (Fsp3) is 0.360. The monoisotopic (exact) mass is 418 g/mol. The summed E-state index contributed by atoms with van der Waals surface area (Å²) in [4.78, 5) is 15.3. The van der Waals surface area contributed by atoms with Crippen LogP contribution < -0.4 is 10.1 Å². The minimum absolute atomic E-state index is 0.0578. The highest BCUT2D eigenvalue weighted by molar-refractivity contribution is 5.94. The molecule has 6 heteroatoms. The lowest BCUT2D eigenvalue weighted by molar-refractivity contribution is 0.0938. The van der Waals surface area contributed by atoms with Crippen molar-refractivity contribution in [3.8, 4) is 11.4 Å². The molecule has 4 rings (SSSR count). The van der Waals surface area contributed by atoms with Gasteiger partial charge in [0.1, 0.15) is 5.75 Å². The Morgan fingerprint density at radius 2 is 1.74 bits per heavy atom. The van der Waals surface area contributed by atoms with Crippen molar-refractivity contribution in [3.63, 3.8) is 0 Å². The topological polar surface area (TPSA) is 59.4 Å². The van der Waals surface area contributed by atoms with Crippen LogP contribution in [-0.4, -0.2) is 47.3 Å². The quantitative estimate of drug-likeness (QED) is 0.629. The summed E-state index contributed by atoms with van der Waals surface area (Å²) < 4.78 is 7.18. The number of hydrogen-bond donors (Lipinski definition) is 1. The van der Waals surface area contributed by atoms with E-state index in [1.807, 2.05) is 61.0 Å². The molecule has 1 atom stereocenters. The first-order valence-electron chi connectivity index (χ1n) is 10.8. The Morgan fingerprint density at radius 1 is 1.06 bits per heavy atom. The molecule has 0 bridgehead atoms. The Kier molecular flexibility index (Phi) is 6.37. The van der Waals surface area contributed by atoms with Crippen molar-refractivity contribution in [2.24, 2.45) is 0 Å². The first-order valence-corrected chi connectivity index (χ1v) is 10.8. The van der Waals surface area contributed by atoms with Crippen molar-refractivity contribution in [2.75, 3.05) is 26.7 Å². The van der Waals surface area contributed by atoms with Crippen LogP contribution in [0.1, 0.15) is 46.2 Å². The smallest absolute Gasteiger partial charge is 0.251 e. The minimum Gasteiger partial charge on any atom is -0.497 e. The Hall–Kier alpha value is -3.12. The van der Waals surface area contributed by atoms with E-state index in [-0.39, 0.29) is 11.9 Å². The zero-order chi connectivity index (χ0) is 21.8. The van der Waals surface area contributed by atoms with E-state index in [1.165, 1.54) is 18.4 Å². The predicted molar refractivity (Wildman–Crippen MR) is 122 cm³/mol. The largest absolute Gasteiger partial charge is 0.497 e. The van der Waals surface area contributed by atoms with Gasteiger partial charge in [-0.1, -0.05) is 12.1 Å². The molecule has 0 spiro atoms. The van der Waals surface area contributed by atoms with E-state index in [1.54, 1.807) is 7.11 Å². The molecule has 0 aliphatic carbocycles. The van der Waals surface area contributed by atoms with Crippen molar-refractivity contribution < 1.29 is 9.53 Å². The Bertz CT molecular complexity index is 1020. The lowest BCUT2D eigenvalue weighted by Crippen LogP contribution is -2.36. The fourth-order valence-corrected chi connectivity index (χ4v) is 4.27. The molecule has 1 fully saturated rings. The molecule has 3 aromatic rings. The summed E-state index contributed by atoms with van der Waals surface area (Å²) in [6.45, 7) is 6.70. The number of aromatic nitrogens is 2. The number of benzene rings is 2. The molecule has 162 valence electrons. The van der Waals surface area contributed by atoms with Crippen LogP contribution in [0, 0.1) is 13.8 Å². The van der Waals surface area contributed by atoms with E-state index in [9.17, 15) is 4.79 Å². The van der Waals surface area contributed by atoms with Crippen LogP contribution in [0.25, 0.3) is 5.69 Å². The number of methoxy groups -OCH3 is 1. The SMILES string of the molecule is COc1ccc(C(CNC(=O)c2ccc(-n3nc(C)cc3C)cc2)N2CCCC2)cc1. The number of hydrogen-bond acceptors (Lipinski definition) is 4. The predicted octanol–water partition coefficient (Wildman–Crippen LogP) is 4.06.